The molecule has 0 unspecified atom stereocenters. The summed E-state index contributed by atoms with van der Waals surface area (Å²) in [4.78, 5) is 11.5. The Bertz CT molecular complexity index is 1210. The molecule has 9 heteroatoms. The number of aromatic hydroxyl groups is 1. The van der Waals surface area contributed by atoms with Crippen molar-refractivity contribution in [3.8, 4) is 16.9 Å². The molecule has 0 aliphatic rings. The molecule has 0 aromatic heterocycles. The lowest BCUT2D eigenvalue weighted by Crippen LogP contribution is -2.14. The quantitative estimate of drug-likeness (QED) is 0.417. The predicted octanol–water partition coefficient (Wildman–Crippen LogP) is 4.24. The normalized spacial score (nSPS) is 11.2. The number of halogens is 2. The molecular formula is C22H19F2NO5S. The number of phenolic OH excluding ortho intramolecular Hbond substituents is 1. The molecule has 3 rings (SSSR count). The van der Waals surface area contributed by atoms with Crippen molar-refractivity contribution in [1.29, 1.82) is 0 Å². The first-order valence-corrected chi connectivity index (χ1v) is 10.7. The molecule has 0 saturated heterocycles. The van der Waals surface area contributed by atoms with Gasteiger partial charge in [0, 0.05) is 17.2 Å². The molecule has 3 aromatic rings. The van der Waals surface area contributed by atoms with Gasteiger partial charge in [-0.25, -0.2) is 17.2 Å². The molecule has 0 bridgehead atoms. The summed E-state index contributed by atoms with van der Waals surface area (Å²) in [5.41, 5.74) is 0.606. The predicted molar refractivity (Wildman–Crippen MR) is 111 cm³/mol. The summed E-state index contributed by atoms with van der Waals surface area (Å²) in [6, 6.07) is 12.8. The highest BCUT2D eigenvalue weighted by molar-refractivity contribution is 7.92. The van der Waals surface area contributed by atoms with Crippen LogP contribution in [0.25, 0.3) is 11.1 Å². The van der Waals surface area contributed by atoms with Gasteiger partial charge in [0.2, 0.25) is 0 Å². The number of hydrogen-bond acceptors (Lipinski definition) is 5. The molecular weight excluding hydrogens is 428 g/mol. The third-order valence-corrected chi connectivity index (χ3v) is 5.79. The van der Waals surface area contributed by atoms with Gasteiger partial charge in [-0.05, 0) is 42.8 Å². The number of benzene rings is 3. The number of phenols is 1. The smallest absolute Gasteiger partial charge is 0.310 e. The number of rotatable bonds is 7. The van der Waals surface area contributed by atoms with Crippen LogP contribution in [0.2, 0.25) is 0 Å². The number of ether oxygens (including phenoxy) is 1. The van der Waals surface area contributed by atoms with E-state index in [0.717, 1.165) is 12.1 Å². The summed E-state index contributed by atoms with van der Waals surface area (Å²) in [5, 5.41) is 10.4. The minimum Gasteiger partial charge on any atom is -0.505 e. The Morgan fingerprint density at radius 3 is 2.42 bits per heavy atom. The fraction of sp³-hybridized carbons (Fsp3) is 0.136. The van der Waals surface area contributed by atoms with E-state index >= 15 is 0 Å². The van der Waals surface area contributed by atoms with E-state index in [1.807, 2.05) is 0 Å². The molecule has 0 spiro atoms. The molecule has 0 saturated carbocycles. The second-order valence-electron chi connectivity index (χ2n) is 6.55. The van der Waals surface area contributed by atoms with Gasteiger partial charge in [0.25, 0.3) is 10.0 Å². The fourth-order valence-electron chi connectivity index (χ4n) is 2.92. The zero-order valence-corrected chi connectivity index (χ0v) is 17.2. The van der Waals surface area contributed by atoms with Crippen molar-refractivity contribution in [2.45, 2.75) is 18.2 Å². The van der Waals surface area contributed by atoms with Crippen LogP contribution in [0.3, 0.4) is 0 Å². The van der Waals surface area contributed by atoms with Crippen LogP contribution in [0.4, 0.5) is 14.5 Å². The van der Waals surface area contributed by atoms with Crippen LogP contribution in [0.1, 0.15) is 12.5 Å². The van der Waals surface area contributed by atoms with Gasteiger partial charge in [-0.2, -0.15) is 0 Å². The van der Waals surface area contributed by atoms with Crippen molar-refractivity contribution < 1.29 is 31.8 Å². The third kappa shape index (κ3) is 5.18. The monoisotopic (exact) mass is 447 g/mol. The van der Waals surface area contributed by atoms with E-state index in [1.54, 1.807) is 6.92 Å². The Labute approximate surface area is 178 Å². The van der Waals surface area contributed by atoms with Crippen LogP contribution in [0, 0.1) is 11.6 Å². The molecule has 31 heavy (non-hydrogen) atoms. The Hall–Kier alpha value is -3.46. The molecule has 2 N–H and O–H groups in total. The van der Waals surface area contributed by atoms with E-state index in [1.165, 1.54) is 48.5 Å². The lowest BCUT2D eigenvalue weighted by Gasteiger charge is -2.13. The van der Waals surface area contributed by atoms with Crippen molar-refractivity contribution in [1.82, 2.24) is 0 Å². The maximum atomic E-state index is 13.9. The zero-order chi connectivity index (χ0) is 22.6. The standard InChI is InChI=1S/C22H19F2NO5S/c1-2-30-21(26)12-15-4-3-5-20(22(15)27)25-31(28,29)17-9-6-14(7-10-17)18-11-8-16(23)13-19(18)24/h3-11,13,25,27H,2,12H2,1H3. The number of carbonyl (C=O) groups is 1. The topological polar surface area (TPSA) is 92.7 Å². The van der Waals surface area contributed by atoms with E-state index in [0.29, 0.717) is 5.56 Å². The van der Waals surface area contributed by atoms with Gasteiger partial charge < -0.3 is 9.84 Å². The van der Waals surface area contributed by atoms with Crippen molar-refractivity contribution in [2.24, 2.45) is 0 Å². The average molecular weight is 447 g/mol. The number of hydrogen-bond donors (Lipinski definition) is 2. The van der Waals surface area contributed by atoms with Gasteiger partial charge in [-0.1, -0.05) is 24.3 Å². The SMILES string of the molecule is CCOC(=O)Cc1cccc(NS(=O)(=O)c2ccc(-c3ccc(F)cc3F)cc2)c1O. The van der Waals surface area contributed by atoms with E-state index in [9.17, 15) is 27.1 Å². The Kier molecular flexibility index (Phi) is 6.55. The van der Waals surface area contributed by atoms with Gasteiger partial charge in [0.1, 0.15) is 17.4 Å². The summed E-state index contributed by atoms with van der Waals surface area (Å²) in [7, 11) is -4.09. The minimum atomic E-state index is -4.09. The van der Waals surface area contributed by atoms with Crippen molar-refractivity contribution in [3.05, 3.63) is 77.9 Å². The highest BCUT2D eigenvalue weighted by atomic mass is 32.2. The van der Waals surface area contributed by atoms with Gasteiger partial charge >= 0.3 is 5.97 Å². The number of esters is 1. The van der Waals surface area contributed by atoms with Gasteiger partial charge in [0.05, 0.1) is 23.6 Å². The second-order valence-corrected chi connectivity index (χ2v) is 8.23. The lowest BCUT2D eigenvalue weighted by molar-refractivity contribution is -0.142. The summed E-state index contributed by atoms with van der Waals surface area (Å²) in [6.07, 6.45) is -0.215. The van der Waals surface area contributed by atoms with E-state index < -0.39 is 27.6 Å². The molecule has 0 aliphatic heterocycles. The Morgan fingerprint density at radius 2 is 1.77 bits per heavy atom. The third-order valence-electron chi connectivity index (χ3n) is 4.41. The van der Waals surface area contributed by atoms with Crippen LogP contribution in [0.5, 0.6) is 5.75 Å². The molecule has 0 fully saturated rings. The van der Waals surface area contributed by atoms with E-state index in [4.69, 9.17) is 4.74 Å². The average Bonchev–Trinajstić information content (AvgIpc) is 2.71. The molecule has 0 amide bonds. The molecule has 0 radical (unpaired) electrons. The number of para-hydroxylation sites is 1. The highest BCUT2D eigenvalue weighted by Crippen LogP contribution is 2.31. The molecule has 0 aliphatic carbocycles. The van der Waals surface area contributed by atoms with Gasteiger partial charge in [-0.3, -0.25) is 9.52 Å². The second kappa shape index (κ2) is 9.13. The maximum absolute atomic E-state index is 13.9. The van der Waals surface area contributed by atoms with E-state index in [2.05, 4.69) is 4.72 Å². The van der Waals surface area contributed by atoms with Crippen molar-refractivity contribution in [3.63, 3.8) is 0 Å². The first kappa shape index (κ1) is 22.2. The summed E-state index contributed by atoms with van der Waals surface area (Å²) >= 11 is 0. The number of carbonyl (C=O) groups excluding carboxylic acids is 1. The summed E-state index contributed by atoms with van der Waals surface area (Å²) in [5.74, 6) is -2.42. The van der Waals surface area contributed by atoms with E-state index in [-0.39, 0.29) is 40.5 Å². The molecule has 3 aromatic carbocycles. The Balaban J connectivity index is 1.83. The Morgan fingerprint density at radius 1 is 1.06 bits per heavy atom. The van der Waals surface area contributed by atoms with Crippen LogP contribution in [-0.4, -0.2) is 26.1 Å². The van der Waals surface area contributed by atoms with Crippen LogP contribution in [0.15, 0.2) is 65.6 Å². The maximum Gasteiger partial charge on any atom is 0.310 e. The minimum absolute atomic E-state index is 0.101. The van der Waals surface area contributed by atoms with Crippen LogP contribution >= 0.6 is 0 Å². The van der Waals surface area contributed by atoms with Crippen LogP contribution in [-0.2, 0) is 26.0 Å². The van der Waals surface area contributed by atoms with Crippen molar-refractivity contribution >= 4 is 21.7 Å². The largest absolute Gasteiger partial charge is 0.505 e. The lowest BCUT2D eigenvalue weighted by atomic mass is 10.1. The summed E-state index contributed by atoms with van der Waals surface area (Å²) < 4.78 is 59.6. The zero-order valence-electron chi connectivity index (χ0n) is 16.4. The highest BCUT2D eigenvalue weighted by Gasteiger charge is 2.19. The van der Waals surface area contributed by atoms with Gasteiger partial charge in [0.15, 0.2) is 0 Å². The summed E-state index contributed by atoms with van der Waals surface area (Å²) in [6.45, 7) is 1.84. The number of anilines is 1. The molecule has 0 heterocycles. The molecule has 162 valence electrons. The first-order valence-electron chi connectivity index (χ1n) is 9.26. The number of nitrogens with one attached hydrogen (secondary N) is 1. The number of sulfonamides is 1. The van der Waals surface area contributed by atoms with Crippen molar-refractivity contribution in [2.75, 3.05) is 11.3 Å². The first-order chi connectivity index (χ1) is 14.7. The molecule has 0 atom stereocenters. The fourth-order valence-corrected chi connectivity index (χ4v) is 3.99. The van der Waals surface area contributed by atoms with Crippen LogP contribution < -0.4 is 4.72 Å². The van der Waals surface area contributed by atoms with Gasteiger partial charge in [-0.15, -0.1) is 0 Å². The molecule has 6 nitrogen and oxygen atoms in total.